The lowest BCUT2D eigenvalue weighted by molar-refractivity contribution is -0.145. The Morgan fingerprint density at radius 3 is 2.21 bits per heavy atom. The van der Waals surface area contributed by atoms with E-state index in [1.807, 2.05) is 30.3 Å². The molecule has 0 heterocycles. The second-order valence-corrected chi connectivity index (χ2v) is 6.41. The molecular formula is C21H23F3N2O3. The average Bonchev–Trinajstić information content (AvgIpc) is 2.67. The lowest BCUT2D eigenvalue weighted by atomic mass is 10.1. The zero-order valence-corrected chi connectivity index (χ0v) is 16.0. The highest BCUT2D eigenvalue weighted by atomic mass is 19.4. The highest BCUT2D eigenvalue weighted by Crippen LogP contribution is 2.29. The van der Waals surface area contributed by atoms with Crippen LogP contribution in [0.2, 0.25) is 0 Å². The van der Waals surface area contributed by atoms with Gasteiger partial charge in [0.2, 0.25) is 5.91 Å². The number of nitrogens with zero attached hydrogens (tertiary/aromatic N) is 1. The Morgan fingerprint density at radius 1 is 0.966 bits per heavy atom. The lowest BCUT2D eigenvalue weighted by Gasteiger charge is -2.21. The first-order valence-electron chi connectivity index (χ1n) is 9.12. The molecule has 0 aliphatic rings. The summed E-state index contributed by atoms with van der Waals surface area (Å²) in [6.45, 7) is 2.11. The molecule has 8 heteroatoms. The molecule has 2 aromatic carbocycles. The van der Waals surface area contributed by atoms with Crippen LogP contribution in [-0.2, 0) is 33.6 Å². The third-order valence-electron chi connectivity index (χ3n) is 4.05. The van der Waals surface area contributed by atoms with Crippen LogP contribution in [0.1, 0.15) is 23.6 Å². The fraction of sp³-hybridized carbons (Fsp3) is 0.333. The van der Waals surface area contributed by atoms with Crippen molar-refractivity contribution in [2.24, 2.45) is 0 Å². The SMILES string of the molecule is CCOC(=O)CN(CC(=O)NCc1ccccc1)Cc1ccc(C(F)(F)F)cc1. The van der Waals surface area contributed by atoms with E-state index in [0.717, 1.165) is 17.7 Å². The van der Waals surface area contributed by atoms with Gasteiger partial charge in [-0.25, -0.2) is 0 Å². The average molecular weight is 408 g/mol. The monoisotopic (exact) mass is 408 g/mol. The van der Waals surface area contributed by atoms with Gasteiger partial charge in [0.25, 0.3) is 0 Å². The van der Waals surface area contributed by atoms with E-state index in [1.165, 1.54) is 17.0 Å². The van der Waals surface area contributed by atoms with Crippen molar-refractivity contribution in [2.75, 3.05) is 19.7 Å². The van der Waals surface area contributed by atoms with Crippen molar-refractivity contribution in [1.82, 2.24) is 10.2 Å². The smallest absolute Gasteiger partial charge is 0.416 e. The second kappa shape index (κ2) is 10.6. The van der Waals surface area contributed by atoms with Crippen LogP contribution in [0.25, 0.3) is 0 Å². The number of carbonyl (C=O) groups is 2. The third kappa shape index (κ3) is 7.95. The van der Waals surface area contributed by atoms with E-state index in [2.05, 4.69) is 5.32 Å². The van der Waals surface area contributed by atoms with E-state index < -0.39 is 17.7 Å². The van der Waals surface area contributed by atoms with Crippen LogP contribution in [0.3, 0.4) is 0 Å². The second-order valence-electron chi connectivity index (χ2n) is 6.41. The fourth-order valence-electron chi connectivity index (χ4n) is 2.67. The highest BCUT2D eigenvalue weighted by molar-refractivity contribution is 5.79. The molecule has 1 amide bonds. The molecule has 0 spiro atoms. The molecule has 0 unspecified atom stereocenters. The molecule has 2 rings (SSSR count). The molecule has 29 heavy (non-hydrogen) atoms. The van der Waals surface area contributed by atoms with E-state index in [9.17, 15) is 22.8 Å². The first kappa shape index (κ1) is 22.4. The number of rotatable bonds is 9. The summed E-state index contributed by atoms with van der Waals surface area (Å²) in [5.74, 6) is -0.805. The predicted molar refractivity (Wildman–Crippen MR) is 102 cm³/mol. The summed E-state index contributed by atoms with van der Waals surface area (Å²) in [6, 6.07) is 14.0. The van der Waals surface area contributed by atoms with Gasteiger partial charge in [-0.3, -0.25) is 14.5 Å². The molecular weight excluding hydrogens is 385 g/mol. The number of carbonyl (C=O) groups excluding carboxylic acids is 2. The summed E-state index contributed by atoms with van der Waals surface area (Å²) in [7, 11) is 0. The fourth-order valence-corrected chi connectivity index (χ4v) is 2.67. The van der Waals surface area contributed by atoms with Gasteiger partial charge in [-0.1, -0.05) is 42.5 Å². The number of hydrogen-bond acceptors (Lipinski definition) is 4. The Labute approximate surface area is 167 Å². The number of esters is 1. The van der Waals surface area contributed by atoms with Crippen LogP contribution in [-0.4, -0.2) is 36.5 Å². The molecule has 0 saturated heterocycles. The van der Waals surface area contributed by atoms with Gasteiger partial charge in [-0.2, -0.15) is 13.2 Å². The Kier molecular flexibility index (Phi) is 8.21. The van der Waals surface area contributed by atoms with Gasteiger partial charge in [0.05, 0.1) is 25.3 Å². The first-order valence-corrected chi connectivity index (χ1v) is 9.12. The molecule has 5 nitrogen and oxygen atoms in total. The molecule has 0 saturated carbocycles. The first-order chi connectivity index (χ1) is 13.8. The van der Waals surface area contributed by atoms with Crippen LogP contribution in [0.4, 0.5) is 13.2 Å². The summed E-state index contributed by atoms with van der Waals surface area (Å²) in [4.78, 5) is 25.7. The Bertz CT molecular complexity index is 793. The van der Waals surface area contributed by atoms with Crippen molar-refractivity contribution in [1.29, 1.82) is 0 Å². The molecule has 1 N–H and O–H groups in total. The van der Waals surface area contributed by atoms with Crippen molar-refractivity contribution in [3.8, 4) is 0 Å². The quantitative estimate of drug-likeness (QED) is 0.647. The van der Waals surface area contributed by atoms with E-state index in [4.69, 9.17) is 4.74 Å². The number of halogens is 3. The Balaban J connectivity index is 2.00. The van der Waals surface area contributed by atoms with Gasteiger partial charge >= 0.3 is 12.1 Å². The lowest BCUT2D eigenvalue weighted by Crippen LogP contribution is -2.39. The maximum absolute atomic E-state index is 12.7. The van der Waals surface area contributed by atoms with Gasteiger partial charge in [-0.05, 0) is 30.2 Å². The van der Waals surface area contributed by atoms with Gasteiger partial charge < -0.3 is 10.1 Å². The summed E-state index contributed by atoms with van der Waals surface area (Å²) in [5.41, 5.74) is 0.734. The zero-order valence-electron chi connectivity index (χ0n) is 16.0. The maximum atomic E-state index is 12.7. The zero-order chi connectivity index (χ0) is 21.3. The van der Waals surface area contributed by atoms with Crippen molar-refractivity contribution in [2.45, 2.75) is 26.2 Å². The number of nitrogens with one attached hydrogen (secondary N) is 1. The summed E-state index contributed by atoms with van der Waals surface area (Å²) in [6.07, 6.45) is -4.42. The molecule has 0 atom stereocenters. The predicted octanol–water partition coefficient (Wildman–Crippen LogP) is 3.39. The molecule has 0 radical (unpaired) electrons. The van der Waals surface area contributed by atoms with E-state index in [1.54, 1.807) is 6.92 Å². The van der Waals surface area contributed by atoms with Crippen LogP contribution >= 0.6 is 0 Å². The normalized spacial score (nSPS) is 11.3. The van der Waals surface area contributed by atoms with Crippen LogP contribution < -0.4 is 5.32 Å². The largest absolute Gasteiger partial charge is 0.465 e. The summed E-state index contributed by atoms with van der Waals surface area (Å²) >= 11 is 0. The molecule has 0 fully saturated rings. The van der Waals surface area contributed by atoms with E-state index in [0.29, 0.717) is 12.1 Å². The maximum Gasteiger partial charge on any atom is 0.416 e. The molecule has 0 aliphatic heterocycles. The van der Waals surface area contributed by atoms with E-state index in [-0.39, 0.29) is 32.1 Å². The minimum atomic E-state index is -4.42. The minimum Gasteiger partial charge on any atom is -0.465 e. The summed E-state index contributed by atoms with van der Waals surface area (Å²) < 4.78 is 43.1. The van der Waals surface area contributed by atoms with Gasteiger partial charge in [0.15, 0.2) is 0 Å². The van der Waals surface area contributed by atoms with E-state index >= 15 is 0 Å². The molecule has 0 aromatic heterocycles. The third-order valence-corrected chi connectivity index (χ3v) is 4.05. The van der Waals surface area contributed by atoms with Crippen molar-refractivity contribution in [3.63, 3.8) is 0 Å². The molecule has 0 bridgehead atoms. The van der Waals surface area contributed by atoms with Crippen LogP contribution in [0.5, 0.6) is 0 Å². The Morgan fingerprint density at radius 2 is 1.62 bits per heavy atom. The van der Waals surface area contributed by atoms with Gasteiger partial charge in [0, 0.05) is 13.1 Å². The van der Waals surface area contributed by atoms with Crippen LogP contribution in [0.15, 0.2) is 54.6 Å². The topological polar surface area (TPSA) is 58.6 Å². The standard InChI is InChI=1S/C21H23F3N2O3/c1-2-29-20(28)15-26(13-17-8-10-18(11-9-17)21(22,23)24)14-19(27)25-12-16-6-4-3-5-7-16/h3-11H,2,12-15H2,1H3,(H,25,27). The molecule has 2 aromatic rings. The van der Waals surface area contributed by atoms with Gasteiger partial charge in [-0.15, -0.1) is 0 Å². The van der Waals surface area contributed by atoms with Crippen molar-refractivity contribution < 1.29 is 27.5 Å². The Hall–Kier alpha value is -2.87. The minimum absolute atomic E-state index is 0.0906. The van der Waals surface area contributed by atoms with Gasteiger partial charge in [0.1, 0.15) is 0 Å². The molecule has 156 valence electrons. The number of hydrogen-bond donors (Lipinski definition) is 1. The summed E-state index contributed by atoms with van der Waals surface area (Å²) in [5, 5.41) is 2.77. The number of ether oxygens (including phenoxy) is 1. The van der Waals surface area contributed by atoms with Crippen molar-refractivity contribution in [3.05, 3.63) is 71.3 Å². The number of benzene rings is 2. The van der Waals surface area contributed by atoms with Crippen LogP contribution in [0, 0.1) is 0 Å². The van der Waals surface area contributed by atoms with Crippen molar-refractivity contribution >= 4 is 11.9 Å². The highest BCUT2D eigenvalue weighted by Gasteiger charge is 2.30. The number of amides is 1. The number of alkyl halides is 3. The molecule has 0 aliphatic carbocycles.